The first kappa shape index (κ1) is 14.1. The van der Waals surface area contributed by atoms with Crippen LogP contribution in [0.1, 0.15) is 15.5 Å². The second-order valence-corrected chi connectivity index (χ2v) is 5.88. The van der Waals surface area contributed by atoms with Gasteiger partial charge in [0.25, 0.3) is 5.91 Å². The van der Waals surface area contributed by atoms with E-state index < -0.39 is 0 Å². The number of amides is 1. The van der Waals surface area contributed by atoms with Crippen molar-refractivity contribution in [2.45, 2.75) is 10.6 Å². The van der Waals surface area contributed by atoms with Gasteiger partial charge in [-0.2, -0.15) is 0 Å². The lowest BCUT2D eigenvalue weighted by atomic mass is 10.3. The van der Waals surface area contributed by atoms with Gasteiger partial charge in [-0.25, -0.2) is 10.8 Å². The highest BCUT2D eigenvalue weighted by molar-refractivity contribution is 7.98. The van der Waals surface area contributed by atoms with E-state index in [0.717, 1.165) is 10.6 Å². The Balaban J connectivity index is 2.02. The molecule has 0 saturated heterocycles. The number of halogens is 1. The maximum absolute atomic E-state index is 11.3. The highest BCUT2D eigenvalue weighted by Crippen LogP contribution is 2.31. The van der Waals surface area contributed by atoms with Crippen molar-refractivity contribution in [2.24, 2.45) is 5.84 Å². The first-order chi connectivity index (χ1) is 9.10. The Bertz CT molecular complexity index is 602. The summed E-state index contributed by atoms with van der Waals surface area (Å²) in [4.78, 5) is 16.4. The van der Waals surface area contributed by atoms with E-state index in [-0.39, 0.29) is 5.91 Å². The summed E-state index contributed by atoms with van der Waals surface area (Å²) in [7, 11) is 0. The van der Waals surface area contributed by atoms with Crippen LogP contribution in [0.4, 0.5) is 5.69 Å². The van der Waals surface area contributed by atoms with Gasteiger partial charge in [0.05, 0.1) is 10.7 Å². The Morgan fingerprint density at radius 2 is 2.32 bits per heavy atom. The van der Waals surface area contributed by atoms with Crippen molar-refractivity contribution in [1.29, 1.82) is 0 Å². The fourth-order valence-electron chi connectivity index (χ4n) is 1.33. The average molecular weight is 315 g/mol. The van der Waals surface area contributed by atoms with Crippen molar-refractivity contribution < 1.29 is 4.79 Å². The molecule has 2 rings (SSSR count). The molecular formula is C11H11ClN4OS2. The Morgan fingerprint density at radius 3 is 3.00 bits per heavy atom. The molecule has 100 valence electrons. The molecule has 8 heteroatoms. The smallest absolute Gasteiger partial charge is 0.294 e. The Labute approximate surface area is 123 Å². The van der Waals surface area contributed by atoms with Crippen molar-refractivity contribution in [3.63, 3.8) is 0 Å². The third kappa shape index (κ3) is 3.60. The lowest BCUT2D eigenvalue weighted by molar-refractivity contribution is 0.0953. The predicted octanol–water partition coefficient (Wildman–Crippen LogP) is 2.27. The molecule has 2 aromatic rings. The molecule has 0 aliphatic carbocycles. The van der Waals surface area contributed by atoms with Crippen molar-refractivity contribution in [3.05, 3.63) is 39.3 Å². The van der Waals surface area contributed by atoms with Crippen LogP contribution in [-0.2, 0) is 5.75 Å². The summed E-state index contributed by atoms with van der Waals surface area (Å²) in [6, 6.07) is 5.36. The standard InChI is InChI=1S/C11H11ClN4OS2/c12-8-3-6(13)1-2-9(8)18-4-7-5-19-11(15-7)10(17)16-14/h1-3,5H,4,13-14H2,(H,16,17). The number of hydrogen-bond donors (Lipinski definition) is 3. The number of rotatable bonds is 4. The molecule has 5 N–H and O–H groups in total. The zero-order valence-electron chi connectivity index (χ0n) is 9.72. The van der Waals surface area contributed by atoms with E-state index in [9.17, 15) is 4.79 Å². The molecule has 5 nitrogen and oxygen atoms in total. The minimum atomic E-state index is -0.383. The molecule has 1 heterocycles. The molecule has 0 spiro atoms. The SMILES string of the molecule is NNC(=O)c1nc(CSc2ccc(N)cc2Cl)cs1. The Hall–Kier alpha value is -1.28. The van der Waals surface area contributed by atoms with Gasteiger partial charge in [-0.3, -0.25) is 10.2 Å². The zero-order valence-corrected chi connectivity index (χ0v) is 12.1. The molecule has 0 aliphatic heterocycles. The van der Waals surface area contributed by atoms with Crippen molar-refractivity contribution in [1.82, 2.24) is 10.4 Å². The number of thioether (sulfide) groups is 1. The van der Waals surface area contributed by atoms with Crippen LogP contribution in [0.3, 0.4) is 0 Å². The predicted molar refractivity (Wildman–Crippen MR) is 79.2 cm³/mol. The number of nitrogens with zero attached hydrogens (tertiary/aromatic N) is 1. The third-order valence-corrected chi connectivity index (χ3v) is 4.63. The lowest BCUT2D eigenvalue weighted by Crippen LogP contribution is -2.29. The fraction of sp³-hybridized carbons (Fsp3) is 0.0909. The maximum Gasteiger partial charge on any atom is 0.294 e. The van der Waals surface area contributed by atoms with Gasteiger partial charge < -0.3 is 5.73 Å². The molecule has 0 bridgehead atoms. The largest absolute Gasteiger partial charge is 0.399 e. The topological polar surface area (TPSA) is 94.0 Å². The number of carbonyl (C=O) groups excluding carboxylic acids is 1. The van der Waals surface area contributed by atoms with Crippen molar-refractivity contribution in [2.75, 3.05) is 5.73 Å². The number of nitrogens with two attached hydrogens (primary N) is 2. The van der Waals surface area contributed by atoms with Crippen LogP contribution < -0.4 is 17.0 Å². The van der Waals surface area contributed by atoms with Crippen LogP contribution >= 0.6 is 34.7 Å². The molecule has 0 fully saturated rings. The summed E-state index contributed by atoms with van der Waals surface area (Å²) in [6.07, 6.45) is 0. The Kier molecular flexibility index (Phi) is 4.65. The average Bonchev–Trinajstić information content (AvgIpc) is 2.85. The molecule has 1 aromatic carbocycles. The highest BCUT2D eigenvalue weighted by atomic mass is 35.5. The summed E-state index contributed by atoms with van der Waals surface area (Å²) in [6.45, 7) is 0. The summed E-state index contributed by atoms with van der Waals surface area (Å²) in [5, 5.41) is 2.78. The summed E-state index contributed by atoms with van der Waals surface area (Å²) >= 11 is 8.86. The molecule has 0 atom stereocenters. The molecule has 0 saturated carbocycles. The normalized spacial score (nSPS) is 10.4. The number of nitrogens with one attached hydrogen (secondary N) is 1. The van der Waals surface area contributed by atoms with E-state index in [0.29, 0.717) is 21.5 Å². The van der Waals surface area contributed by atoms with E-state index in [4.69, 9.17) is 23.2 Å². The van der Waals surface area contributed by atoms with Gasteiger partial charge in [0, 0.05) is 21.7 Å². The van der Waals surface area contributed by atoms with E-state index in [1.165, 1.54) is 23.1 Å². The van der Waals surface area contributed by atoms with Crippen LogP contribution in [0, 0.1) is 0 Å². The van der Waals surface area contributed by atoms with E-state index in [1.807, 2.05) is 11.4 Å². The molecule has 0 aliphatic rings. The number of hydrazine groups is 1. The van der Waals surface area contributed by atoms with Crippen LogP contribution in [0.5, 0.6) is 0 Å². The molecule has 0 unspecified atom stereocenters. The number of nitrogen functional groups attached to an aromatic ring is 2. The van der Waals surface area contributed by atoms with Gasteiger partial charge in [0.1, 0.15) is 0 Å². The number of anilines is 1. The first-order valence-electron chi connectivity index (χ1n) is 5.23. The second kappa shape index (κ2) is 6.25. The van der Waals surface area contributed by atoms with Crippen molar-refractivity contribution in [3.8, 4) is 0 Å². The van der Waals surface area contributed by atoms with Crippen LogP contribution in [0.2, 0.25) is 5.02 Å². The van der Waals surface area contributed by atoms with Gasteiger partial charge in [-0.05, 0) is 18.2 Å². The van der Waals surface area contributed by atoms with E-state index in [2.05, 4.69) is 10.4 Å². The quantitative estimate of drug-likeness (QED) is 0.265. The summed E-state index contributed by atoms with van der Waals surface area (Å²) in [5.74, 6) is 5.29. The maximum atomic E-state index is 11.3. The van der Waals surface area contributed by atoms with Crippen LogP contribution in [0.25, 0.3) is 0 Å². The lowest BCUT2D eigenvalue weighted by Gasteiger charge is -2.03. The van der Waals surface area contributed by atoms with Gasteiger partial charge >= 0.3 is 0 Å². The summed E-state index contributed by atoms with van der Waals surface area (Å²) in [5.41, 5.74) is 9.11. The number of aromatic nitrogens is 1. The highest BCUT2D eigenvalue weighted by Gasteiger charge is 2.10. The molecular weight excluding hydrogens is 304 g/mol. The molecule has 1 aromatic heterocycles. The van der Waals surface area contributed by atoms with E-state index >= 15 is 0 Å². The summed E-state index contributed by atoms with van der Waals surface area (Å²) < 4.78 is 0. The molecule has 0 radical (unpaired) electrons. The zero-order chi connectivity index (χ0) is 13.8. The Morgan fingerprint density at radius 1 is 1.53 bits per heavy atom. The van der Waals surface area contributed by atoms with Crippen LogP contribution in [0.15, 0.2) is 28.5 Å². The number of hydrogen-bond acceptors (Lipinski definition) is 6. The third-order valence-electron chi connectivity index (χ3n) is 2.21. The second-order valence-electron chi connectivity index (χ2n) is 3.60. The monoisotopic (exact) mass is 314 g/mol. The van der Waals surface area contributed by atoms with Gasteiger partial charge in [0.15, 0.2) is 5.01 Å². The van der Waals surface area contributed by atoms with Gasteiger partial charge in [0.2, 0.25) is 0 Å². The number of carbonyl (C=O) groups is 1. The van der Waals surface area contributed by atoms with Gasteiger partial charge in [-0.15, -0.1) is 23.1 Å². The minimum absolute atomic E-state index is 0.349. The van der Waals surface area contributed by atoms with E-state index in [1.54, 1.807) is 12.1 Å². The molecule has 19 heavy (non-hydrogen) atoms. The van der Waals surface area contributed by atoms with Crippen molar-refractivity contribution >= 4 is 46.3 Å². The van der Waals surface area contributed by atoms with Gasteiger partial charge in [-0.1, -0.05) is 11.6 Å². The number of benzene rings is 1. The van der Waals surface area contributed by atoms with Crippen LogP contribution in [-0.4, -0.2) is 10.9 Å². The molecule has 1 amide bonds. The fourth-order valence-corrected chi connectivity index (χ4v) is 3.32. The first-order valence-corrected chi connectivity index (χ1v) is 7.47. The number of thiazole rings is 1. The minimum Gasteiger partial charge on any atom is -0.399 e.